The number of aliphatic hydroxyl groups is 2. The highest BCUT2D eigenvalue weighted by atomic mass is 16.5. The number of ether oxygens (including phenoxy) is 1. The highest BCUT2D eigenvalue weighted by Gasteiger charge is 2.24. The number of amides is 1. The van der Waals surface area contributed by atoms with E-state index in [0.29, 0.717) is 19.3 Å². The molecular formula is C49H89NO5. The third-order valence-corrected chi connectivity index (χ3v) is 10.5. The molecule has 1 amide bonds. The van der Waals surface area contributed by atoms with Crippen molar-refractivity contribution < 1.29 is 24.5 Å². The fourth-order valence-corrected chi connectivity index (χ4v) is 6.98. The molecule has 0 aliphatic rings. The first-order chi connectivity index (χ1) is 27.0. The van der Waals surface area contributed by atoms with Gasteiger partial charge in [0.2, 0.25) is 5.91 Å². The SMILES string of the molecule is CC/C=C/C=C/C=C\C=C/CCCC(CC(=O)NC(CO)C(O)CCCCCCCCCCCCCCCCC)OC(=O)CCCCCCCCCCCC. The summed E-state index contributed by atoms with van der Waals surface area (Å²) in [6, 6.07) is -0.719. The van der Waals surface area contributed by atoms with Crippen molar-refractivity contribution in [1.29, 1.82) is 0 Å². The Labute approximate surface area is 340 Å². The summed E-state index contributed by atoms with van der Waals surface area (Å²) in [6.45, 7) is 6.30. The number of carbonyl (C=O) groups is 2. The van der Waals surface area contributed by atoms with E-state index in [4.69, 9.17) is 4.74 Å². The first kappa shape index (κ1) is 52.8. The van der Waals surface area contributed by atoms with E-state index in [9.17, 15) is 19.8 Å². The third-order valence-electron chi connectivity index (χ3n) is 10.5. The number of aliphatic hydroxyl groups excluding tert-OH is 2. The van der Waals surface area contributed by atoms with Crippen LogP contribution in [0.2, 0.25) is 0 Å². The summed E-state index contributed by atoms with van der Waals surface area (Å²) >= 11 is 0. The van der Waals surface area contributed by atoms with Gasteiger partial charge < -0.3 is 20.3 Å². The van der Waals surface area contributed by atoms with Gasteiger partial charge in [-0.15, -0.1) is 0 Å². The van der Waals surface area contributed by atoms with Gasteiger partial charge in [-0.1, -0.05) is 223 Å². The summed E-state index contributed by atoms with van der Waals surface area (Å²) in [4.78, 5) is 25.9. The zero-order valence-electron chi connectivity index (χ0n) is 36.3. The zero-order valence-corrected chi connectivity index (χ0v) is 36.3. The van der Waals surface area contributed by atoms with Crippen molar-refractivity contribution in [2.75, 3.05) is 6.61 Å². The van der Waals surface area contributed by atoms with Gasteiger partial charge in [-0.3, -0.25) is 9.59 Å². The molecule has 3 atom stereocenters. The highest BCUT2D eigenvalue weighted by Crippen LogP contribution is 2.17. The Balaban J connectivity index is 4.58. The van der Waals surface area contributed by atoms with Crippen LogP contribution in [0.4, 0.5) is 0 Å². The van der Waals surface area contributed by atoms with Crippen molar-refractivity contribution in [3.05, 3.63) is 48.6 Å². The van der Waals surface area contributed by atoms with Crippen LogP contribution in [0.1, 0.15) is 226 Å². The van der Waals surface area contributed by atoms with E-state index < -0.39 is 18.2 Å². The molecule has 0 saturated carbocycles. The molecule has 0 fully saturated rings. The average molecular weight is 772 g/mol. The number of rotatable bonds is 41. The minimum atomic E-state index is -0.802. The standard InChI is InChI=1S/C49H89NO5/c1-4-7-10-13-16-19-22-23-24-25-27-29-32-35-38-41-47(52)46(44-51)50-48(53)43-45(40-37-34-31-28-26-20-17-14-11-8-5-2)55-49(54)42-39-36-33-30-21-18-15-12-9-6-3/h8,11,14,17,20,26,28,31,45-47,51-52H,4-7,9-10,12-13,15-16,18-19,21-25,27,29-30,32-44H2,1-3H3,(H,50,53)/b11-8+,17-14+,26-20-,31-28-. The topological polar surface area (TPSA) is 95.9 Å². The van der Waals surface area contributed by atoms with E-state index in [1.807, 2.05) is 36.5 Å². The first-order valence-corrected chi connectivity index (χ1v) is 23.4. The molecule has 0 aliphatic carbocycles. The molecule has 0 aliphatic heterocycles. The lowest BCUT2D eigenvalue weighted by Crippen LogP contribution is -2.46. The minimum Gasteiger partial charge on any atom is -0.462 e. The number of esters is 1. The van der Waals surface area contributed by atoms with Crippen molar-refractivity contribution in [2.24, 2.45) is 0 Å². The molecule has 0 aromatic heterocycles. The molecule has 55 heavy (non-hydrogen) atoms. The van der Waals surface area contributed by atoms with Crippen LogP contribution < -0.4 is 5.32 Å². The van der Waals surface area contributed by atoms with Crippen molar-refractivity contribution in [3.8, 4) is 0 Å². The van der Waals surface area contributed by atoms with Crippen LogP contribution in [0.3, 0.4) is 0 Å². The molecule has 0 radical (unpaired) electrons. The molecule has 0 rings (SSSR count). The molecule has 0 heterocycles. The molecular weight excluding hydrogens is 683 g/mol. The molecule has 0 saturated heterocycles. The van der Waals surface area contributed by atoms with E-state index in [1.54, 1.807) is 0 Å². The molecule has 3 unspecified atom stereocenters. The molecule has 320 valence electrons. The van der Waals surface area contributed by atoms with Crippen molar-refractivity contribution >= 4 is 11.9 Å². The van der Waals surface area contributed by atoms with E-state index >= 15 is 0 Å². The van der Waals surface area contributed by atoms with Gasteiger partial charge in [-0.05, 0) is 38.5 Å². The van der Waals surface area contributed by atoms with Gasteiger partial charge in [0.05, 0.1) is 25.2 Å². The monoisotopic (exact) mass is 772 g/mol. The van der Waals surface area contributed by atoms with Crippen LogP contribution >= 0.6 is 0 Å². The maximum atomic E-state index is 13.1. The summed E-state index contributed by atoms with van der Waals surface area (Å²) < 4.78 is 5.85. The molecule has 0 aromatic carbocycles. The maximum absolute atomic E-state index is 13.1. The van der Waals surface area contributed by atoms with E-state index in [0.717, 1.165) is 57.8 Å². The third kappa shape index (κ3) is 38.5. The van der Waals surface area contributed by atoms with Gasteiger partial charge in [0, 0.05) is 6.42 Å². The molecule has 6 nitrogen and oxygen atoms in total. The lowest BCUT2D eigenvalue weighted by molar-refractivity contribution is -0.151. The second kappa shape index (κ2) is 43.0. The van der Waals surface area contributed by atoms with Gasteiger partial charge in [0.25, 0.3) is 0 Å². The van der Waals surface area contributed by atoms with Gasteiger partial charge in [0.1, 0.15) is 6.10 Å². The number of unbranched alkanes of at least 4 members (excludes halogenated alkanes) is 24. The Kier molecular flexibility index (Phi) is 41.2. The van der Waals surface area contributed by atoms with Gasteiger partial charge in [0.15, 0.2) is 0 Å². The summed E-state index contributed by atoms with van der Waals surface area (Å²) in [7, 11) is 0. The van der Waals surface area contributed by atoms with Crippen LogP contribution in [0.25, 0.3) is 0 Å². The van der Waals surface area contributed by atoms with E-state index in [1.165, 1.54) is 122 Å². The van der Waals surface area contributed by atoms with Crippen molar-refractivity contribution in [1.82, 2.24) is 5.32 Å². The van der Waals surface area contributed by atoms with E-state index in [-0.39, 0.29) is 24.9 Å². The van der Waals surface area contributed by atoms with Crippen LogP contribution in [0.5, 0.6) is 0 Å². The Hall–Kier alpha value is -2.18. The molecule has 0 spiro atoms. The van der Waals surface area contributed by atoms with Gasteiger partial charge >= 0.3 is 5.97 Å². The smallest absolute Gasteiger partial charge is 0.306 e. The second-order valence-corrected chi connectivity index (χ2v) is 15.9. The Morgan fingerprint density at radius 3 is 1.45 bits per heavy atom. The largest absolute Gasteiger partial charge is 0.462 e. The fraction of sp³-hybridized carbons (Fsp3) is 0.796. The predicted octanol–water partition coefficient (Wildman–Crippen LogP) is 13.5. The summed E-state index contributed by atoms with van der Waals surface area (Å²) in [6.07, 6.45) is 50.4. The molecule has 3 N–H and O–H groups in total. The number of allylic oxidation sites excluding steroid dienone is 8. The maximum Gasteiger partial charge on any atom is 0.306 e. The van der Waals surface area contributed by atoms with Crippen molar-refractivity contribution in [3.63, 3.8) is 0 Å². The van der Waals surface area contributed by atoms with Crippen molar-refractivity contribution in [2.45, 2.75) is 244 Å². The normalized spacial score (nSPS) is 13.8. The van der Waals surface area contributed by atoms with E-state index in [2.05, 4.69) is 38.2 Å². The van der Waals surface area contributed by atoms with Gasteiger partial charge in [-0.25, -0.2) is 0 Å². The lowest BCUT2D eigenvalue weighted by Gasteiger charge is -2.24. The number of hydrogen-bond acceptors (Lipinski definition) is 5. The number of nitrogens with one attached hydrogen (secondary N) is 1. The Morgan fingerprint density at radius 1 is 0.545 bits per heavy atom. The van der Waals surface area contributed by atoms with Gasteiger partial charge in [-0.2, -0.15) is 0 Å². The average Bonchev–Trinajstić information content (AvgIpc) is 3.18. The molecule has 0 bridgehead atoms. The number of carbonyl (C=O) groups excluding carboxylic acids is 2. The number of hydrogen-bond donors (Lipinski definition) is 3. The second-order valence-electron chi connectivity index (χ2n) is 15.9. The highest BCUT2D eigenvalue weighted by molar-refractivity contribution is 5.77. The molecule has 0 aromatic rings. The predicted molar refractivity (Wildman–Crippen MR) is 236 cm³/mol. The quantitative estimate of drug-likeness (QED) is 0.0327. The lowest BCUT2D eigenvalue weighted by atomic mass is 10.0. The Bertz CT molecular complexity index is 957. The van der Waals surface area contributed by atoms with Crippen LogP contribution in [0, 0.1) is 0 Å². The van der Waals surface area contributed by atoms with Crippen LogP contribution in [-0.2, 0) is 14.3 Å². The first-order valence-electron chi connectivity index (χ1n) is 23.4. The summed E-state index contributed by atoms with van der Waals surface area (Å²) in [5.41, 5.74) is 0. The van der Waals surface area contributed by atoms with Crippen LogP contribution in [0.15, 0.2) is 48.6 Å². The zero-order chi connectivity index (χ0) is 40.3. The van der Waals surface area contributed by atoms with Crippen LogP contribution in [-0.4, -0.2) is 46.9 Å². The Morgan fingerprint density at radius 2 is 0.982 bits per heavy atom. The summed E-state index contributed by atoms with van der Waals surface area (Å²) in [5.74, 6) is -0.541. The fourth-order valence-electron chi connectivity index (χ4n) is 6.98. The summed E-state index contributed by atoms with van der Waals surface area (Å²) in [5, 5.41) is 23.6. The minimum absolute atomic E-state index is 0.0334. The molecule has 6 heteroatoms.